The van der Waals surface area contributed by atoms with Gasteiger partial charge in [-0.2, -0.15) is 0 Å². The van der Waals surface area contributed by atoms with E-state index in [1.54, 1.807) is 12.4 Å². The zero-order valence-corrected chi connectivity index (χ0v) is 14.8. The Morgan fingerprint density at radius 3 is 1.65 bits per heavy atom. The monoisotopic (exact) mass is 376 g/mol. The molecule has 0 unspecified atom stereocenters. The third-order valence-corrected chi connectivity index (χ3v) is 5.56. The second-order valence-electron chi connectivity index (χ2n) is 4.27. The van der Waals surface area contributed by atoms with Gasteiger partial charge in [-0.25, -0.2) is 0 Å². The summed E-state index contributed by atoms with van der Waals surface area (Å²) in [5, 5.41) is 19.5. The first-order valence-electron chi connectivity index (χ1n) is 6.46. The molecule has 0 saturated carbocycles. The van der Waals surface area contributed by atoms with Crippen molar-refractivity contribution in [1.82, 2.24) is 19.9 Å². The highest BCUT2D eigenvalue weighted by Crippen LogP contribution is 2.36. The molecule has 0 spiro atoms. The molecule has 0 aromatic carbocycles. The molecule has 0 saturated heterocycles. The van der Waals surface area contributed by atoms with E-state index < -0.39 is 0 Å². The Kier molecular flexibility index (Phi) is 4.28. The minimum Gasteiger partial charge on any atom is -0.359 e. The number of aromatic nitrogens is 4. The first-order valence-corrected chi connectivity index (χ1v) is 9.98. The molecule has 0 amide bonds. The van der Waals surface area contributed by atoms with Crippen LogP contribution in [0.3, 0.4) is 0 Å². The van der Waals surface area contributed by atoms with Crippen LogP contribution in [0.4, 0.5) is 20.5 Å². The molecule has 0 radical (unpaired) electrons. The van der Waals surface area contributed by atoms with Crippen LogP contribution >= 0.6 is 45.3 Å². The average Bonchev–Trinajstić information content (AvgIpc) is 3.31. The maximum Gasteiger partial charge on any atom is 0.0666 e. The van der Waals surface area contributed by atoms with Crippen molar-refractivity contribution in [3.8, 4) is 0 Å². The second-order valence-corrected chi connectivity index (χ2v) is 7.69. The van der Waals surface area contributed by atoms with E-state index in [-0.39, 0.29) is 0 Å². The molecule has 4 heterocycles. The summed E-state index contributed by atoms with van der Waals surface area (Å²) in [7, 11) is 0. The van der Waals surface area contributed by atoms with Crippen molar-refractivity contribution in [2.24, 2.45) is 0 Å². The topological polar surface area (TPSA) is 79.8 Å². The van der Waals surface area contributed by atoms with E-state index in [2.05, 4.69) is 30.6 Å². The third-order valence-electron chi connectivity index (χ3n) is 2.66. The highest BCUT2D eigenvalue weighted by molar-refractivity contribution is 7.16. The first-order chi connectivity index (χ1) is 11.3. The molecule has 4 rings (SSSR count). The van der Waals surface area contributed by atoms with Gasteiger partial charge in [0.25, 0.3) is 0 Å². The van der Waals surface area contributed by atoms with Gasteiger partial charge in [0.15, 0.2) is 0 Å². The molecule has 4 aromatic heterocycles. The third kappa shape index (κ3) is 3.72. The highest BCUT2D eigenvalue weighted by Gasteiger charge is 2.01. The number of nitrogens with zero attached hydrogens (tertiary/aromatic N) is 6. The summed E-state index contributed by atoms with van der Waals surface area (Å²) in [6.45, 7) is 0. The Hall–Kier alpha value is -1.88. The normalized spacial score (nSPS) is 10.8. The lowest BCUT2D eigenvalue weighted by atomic mass is 10.3. The van der Waals surface area contributed by atoms with E-state index in [9.17, 15) is 0 Å². The summed E-state index contributed by atoms with van der Waals surface area (Å²) in [6, 6.07) is 0. The lowest BCUT2D eigenvalue weighted by molar-refractivity contribution is 1.06. The summed E-state index contributed by atoms with van der Waals surface area (Å²) < 4.78 is 0. The summed E-state index contributed by atoms with van der Waals surface area (Å²) in [4.78, 5) is 17.3. The van der Waals surface area contributed by atoms with Crippen LogP contribution in [0.5, 0.6) is 0 Å². The SMILES string of the molecule is c1csc([N-]c2nc(Cc3csc([N-]c4nccs4)n3)cs2)n1. The van der Waals surface area contributed by atoms with E-state index in [4.69, 9.17) is 0 Å². The Morgan fingerprint density at radius 1 is 0.696 bits per heavy atom. The van der Waals surface area contributed by atoms with Crippen molar-refractivity contribution < 1.29 is 0 Å². The fraction of sp³-hybridized carbons (Fsp3) is 0.0769. The molecular formula is C13H8N6S4-2. The van der Waals surface area contributed by atoms with Crippen molar-refractivity contribution in [1.29, 1.82) is 0 Å². The molecule has 0 aliphatic rings. The van der Waals surface area contributed by atoms with Gasteiger partial charge in [0.2, 0.25) is 0 Å². The van der Waals surface area contributed by atoms with Gasteiger partial charge in [-0.05, 0) is 45.3 Å². The molecule has 0 bridgehead atoms. The molecule has 0 aliphatic carbocycles. The largest absolute Gasteiger partial charge is 0.359 e. The maximum absolute atomic E-state index is 4.51. The summed E-state index contributed by atoms with van der Waals surface area (Å²) in [5.74, 6) is 0. The predicted molar refractivity (Wildman–Crippen MR) is 96.6 cm³/mol. The second kappa shape index (κ2) is 6.71. The van der Waals surface area contributed by atoms with Crippen molar-refractivity contribution in [2.45, 2.75) is 6.42 Å². The van der Waals surface area contributed by atoms with Crippen molar-refractivity contribution in [2.75, 3.05) is 0 Å². The Morgan fingerprint density at radius 2 is 1.22 bits per heavy atom. The van der Waals surface area contributed by atoms with Crippen LogP contribution in [-0.2, 0) is 6.42 Å². The van der Waals surface area contributed by atoms with E-state index in [1.165, 1.54) is 45.3 Å². The molecule has 10 heteroatoms. The Labute approximate surface area is 148 Å². The van der Waals surface area contributed by atoms with Gasteiger partial charge >= 0.3 is 0 Å². The number of rotatable bonds is 6. The fourth-order valence-corrected chi connectivity index (χ4v) is 4.25. The summed E-state index contributed by atoms with van der Waals surface area (Å²) >= 11 is 6.01. The van der Waals surface area contributed by atoms with Gasteiger partial charge in [-0.15, -0.1) is 45.3 Å². The first kappa shape index (κ1) is 14.7. The van der Waals surface area contributed by atoms with Crippen molar-refractivity contribution in [3.63, 3.8) is 0 Å². The van der Waals surface area contributed by atoms with Crippen molar-refractivity contribution in [3.05, 3.63) is 55.9 Å². The van der Waals surface area contributed by atoms with Crippen LogP contribution in [0.15, 0.2) is 33.9 Å². The molecule has 6 nitrogen and oxygen atoms in total. The fourth-order valence-electron chi connectivity index (χ4n) is 1.75. The van der Waals surface area contributed by atoms with Crippen LogP contribution in [0.2, 0.25) is 0 Å². The van der Waals surface area contributed by atoms with E-state index in [0.29, 0.717) is 6.42 Å². The smallest absolute Gasteiger partial charge is 0.0666 e. The predicted octanol–water partition coefficient (Wildman–Crippen LogP) is 5.78. The van der Waals surface area contributed by atoms with Crippen LogP contribution in [0.1, 0.15) is 11.4 Å². The van der Waals surface area contributed by atoms with Gasteiger partial charge in [0.1, 0.15) is 0 Å². The van der Waals surface area contributed by atoms with Crippen LogP contribution < -0.4 is 0 Å². The zero-order valence-electron chi connectivity index (χ0n) is 11.5. The lowest BCUT2D eigenvalue weighted by Crippen LogP contribution is -1.87. The van der Waals surface area contributed by atoms with Gasteiger partial charge in [-0.1, -0.05) is 0 Å². The molecule has 23 heavy (non-hydrogen) atoms. The lowest BCUT2D eigenvalue weighted by Gasteiger charge is -2.04. The van der Waals surface area contributed by atoms with Gasteiger partial charge < -0.3 is 30.6 Å². The van der Waals surface area contributed by atoms with E-state index >= 15 is 0 Å². The van der Waals surface area contributed by atoms with E-state index in [1.807, 2.05) is 21.5 Å². The van der Waals surface area contributed by atoms with Gasteiger partial charge in [0.05, 0.1) is 20.5 Å². The van der Waals surface area contributed by atoms with E-state index in [0.717, 1.165) is 31.9 Å². The highest BCUT2D eigenvalue weighted by atomic mass is 32.1. The standard InChI is InChI=1S/C13H8N6S4/c1-3-20-10(14-1)18-12-16-8(6-22-12)5-9-7-23-13(17-9)19-11-15-2-4-21-11/h1-4,6-7H,5H2/q-2. The molecular weight excluding hydrogens is 368 g/mol. The quantitative estimate of drug-likeness (QED) is 0.427. The minimum absolute atomic E-state index is 0.674. The number of thiazole rings is 4. The number of hydrogen-bond donors (Lipinski definition) is 0. The van der Waals surface area contributed by atoms with Crippen LogP contribution in [0.25, 0.3) is 10.6 Å². The zero-order chi connectivity index (χ0) is 15.5. The summed E-state index contributed by atoms with van der Waals surface area (Å²) in [5.41, 5.74) is 1.91. The molecule has 0 atom stereocenters. The number of hydrogen-bond acceptors (Lipinski definition) is 8. The minimum atomic E-state index is 0.674. The van der Waals surface area contributed by atoms with Gasteiger partial charge in [-0.3, -0.25) is 0 Å². The average molecular weight is 377 g/mol. The molecule has 0 N–H and O–H groups in total. The van der Waals surface area contributed by atoms with Crippen LogP contribution in [0, 0.1) is 0 Å². The maximum atomic E-state index is 4.51. The van der Waals surface area contributed by atoms with Crippen molar-refractivity contribution >= 4 is 65.9 Å². The molecule has 116 valence electrons. The molecule has 0 aliphatic heterocycles. The molecule has 4 aromatic rings. The van der Waals surface area contributed by atoms with Crippen LogP contribution in [-0.4, -0.2) is 19.9 Å². The molecule has 0 fully saturated rings. The van der Waals surface area contributed by atoms with Gasteiger partial charge in [0, 0.05) is 6.42 Å². The Bertz CT molecular complexity index is 792. The Balaban J connectivity index is 1.40. The summed E-state index contributed by atoms with van der Waals surface area (Å²) in [6.07, 6.45) is 4.15.